The SMILES string of the molecule is C[C@@]12O[C@@](CCOc3ccc(F)cc3)(C[C@H]1O)[C@@H]1C(=O)N(c3ccc(C#N)c4ncccc34)C(=O)[C@@H]12. The van der Waals surface area contributed by atoms with Gasteiger partial charge in [0.25, 0.3) is 0 Å². The van der Waals surface area contributed by atoms with Crippen molar-refractivity contribution in [2.45, 2.75) is 37.1 Å². The highest BCUT2D eigenvalue weighted by atomic mass is 19.1. The lowest BCUT2D eigenvalue weighted by molar-refractivity contribution is -0.134. The van der Waals surface area contributed by atoms with Gasteiger partial charge in [-0.3, -0.25) is 14.6 Å². The van der Waals surface area contributed by atoms with Gasteiger partial charge < -0.3 is 14.6 Å². The molecule has 36 heavy (non-hydrogen) atoms. The van der Waals surface area contributed by atoms with Crippen LogP contribution in [0.1, 0.15) is 25.3 Å². The Labute approximate surface area is 205 Å². The van der Waals surface area contributed by atoms with Crippen molar-refractivity contribution in [3.05, 3.63) is 66.1 Å². The average molecular weight is 487 g/mol. The summed E-state index contributed by atoms with van der Waals surface area (Å²) < 4.78 is 25.3. The summed E-state index contributed by atoms with van der Waals surface area (Å²) in [6.45, 7) is 1.83. The molecule has 4 heterocycles. The van der Waals surface area contributed by atoms with Crippen molar-refractivity contribution in [1.82, 2.24) is 4.98 Å². The molecule has 1 aromatic heterocycles. The second-order valence-corrected chi connectivity index (χ2v) is 9.73. The van der Waals surface area contributed by atoms with E-state index in [4.69, 9.17) is 9.47 Å². The van der Waals surface area contributed by atoms with E-state index in [0.29, 0.717) is 27.9 Å². The van der Waals surface area contributed by atoms with E-state index < -0.39 is 41.0 Å². The van der Waals surface area contributed by atoms with Gasteiger partial charge in [-0.15, -0.1) is 0 Å². The summed E-state index contributed by atoms with van der Waals surface area (Å²) in [5, 5.41) is 20.9. The molecule has 2 aromatic carbocycles. The number of imide groups is 1. The molecular formula is C27H22FN3O5. The quantitative estimate of drug-likeness (QED) is 0.550. The number of nitrogens with zero attached hydrogens (tertiary/aromatic N) is 3. The van der Waals surface area contributed by atoms with E-state index in [2.05, 4.69) is 11.1 Å². The number of rotatable bonds is 5. The third kappa shape index (κ3) is 3.01. The maximum Gasteiger partial charge on any atom is 0.240 e. The van der Waals surface area contributed by atoms with E-state index in [1.807, 2.05) is 0 Å². The third-order valence-corrected chi connectivity index (χ3v) is 7.83. The minimum Gasteiger partial charge on any atom is -0.493 e. The summed E-state index contributed by atoms with van der Waals surface area (Å²) in [7, 11) is 0. The van der Waals surface area contributed by atoms with Gasteiger partial charge in [-0.05, 0) is 55.5 Å². The van der Waals surface area contributed by atoms with Gasteiger partial charge in [-0.25, -0.2) is 9.29 Å². The number of carbonyl (C=O) groups is 2. The number of aliphatic hydroxyl groups excluding tert-OH is 1. The molecule has 8 nitrogen and oxygen atoms in total. The number of aromatic nitrogens is 1. The second kappa shape index (κ2) is 7.82. The minimum absolute atomic E-state index is 0.156. The third-order valence-electron chi connectivity index (χ3n) is 7.83. The number of hydrogen-bond donors (Lipinski definition) is 1. The lowest BCUT2D eigenvalue weighted by Gasteiger charge is -2.33. The Balaban J connectivity index is 1.35. The molecule has 182 valence electrons. The highest BCUT2D eigenvalue weighted by Gasteiger charge is 2.77. The Bertz CT molecular complexity index is 1450. The molecule has 0 spiro atoms. The van der Waals surface area contributed by atoms with E-state index in [1.165, 1.54) is 24.3 Å². The largest absolute Gasteiger partial charge is 0.493 e. The van der Waals surface area contributed by atoms with E-state index in [-0.39, 0.29) is 25.3 Å². The molecule has 0 saturated carbocycles. The smallest absolute Gasteiger partial charge is 0.240 e. The molecule has 0 unspecified atom stereocenters. The molecule has 3 saturated heterocycles. The fourth-order valence-electron chi connectivity index (χ4n) is 6.18. The van der Waals surface area contributed by atoms with E-state index in [0.717, 1.165) is 4.90 Å². The maximum absolute atomic E-state index is 13.9. The molecule has 1 N–H and O–H groups in total. The molecule has 2 amide bonds. The van der Waals surface area contributed by atoms with Crippen molar-refractivity contribution >= 4 is 28.4 Å². The summed E-state index contributed by atoms with van der Waals surface area (Å²) in [4.78, 5) is 33.1. The zero-order chi connectivity index (χ0) is 25.2. The van der Waals surface area contributed by atoms with Crippen molar-refractivity contribution in [3.63, 3.8) is 0 Å². The Morgan fingerprint density at radius 2 is 1.94 bits per heavy atom. The van der Waals surface area contributed by atoms with Gasteiger partial charge in [-0.1, -0.05) is 0 Å². The predicted molar refractivity (Wildman–Crippen MR) is 125 cm³/mol. The number of ether oxygens (including phenoxy) is 2. The number of fused-ring (bicyclic) bond motifs is 6. The summed E-state index contributed by atoms with van der Waals surface area (Å²) in [6, 6.07) is 14.2. The van der Waals surface area contributed by atoms with Gasteiger partial charge in [0, 0.05) is 24.4 Å². The predicted octanol–water partition coefficient (Wildman–Crippen LogP) is 3.11. The van der Waals surface area contributed by atoms with Crippen molar-refractivity contribution in [2.24, 2.45) is 11.8 Å². The number of amides is 2. The lowest BCUT2D eigenvalue weighted by Crippen LogP contribution is -2.49. The van der Waals surface area contributed by atoms with Crippen molar-refractivity contribution in [1.29, 1.82) is 5.26 Å². The lowest BCUT2D eigenvalue weighted by atomic mass is 9.66. The molecular weight excluding hydrogens is 465 g/mol. The molecule has 3 fully saturated rings. The Kier molecular flexibility index (Phi) is 4.90. The maximum atomic E-state index is 13.9. The van der Waals surface area contributed by atoms with Crippen LogP contribution in [-0.2, 0) is 14.3 Å². The first kappa shape index (κ1) is 22.6. The highest BCUT2D eigenvalue weighted by molar-refractivity contribution is 6.26. The summed E-state index contributed by atoms with van der Waals surface area (Å²) in [5.74, 6) is -2.41. The Morgan fingerprint density at radius 1 is 1.19 bits per heavy atom. The number of benzene rings is 2. The topological polar surface area (TPSA) is 113 Å². The standard InChI is InChI=1S/C27H22FN3O5/c1-26-20(32)13-27(36-26,10-12-35-17-7-5-16(28)6-8-17)22-21(26)24(33)31(25(22)34)19-9-4-15(14-29)23-18(19)3-2-11-30-23/h2-9,11,20-22,32H,10,12-13H2,1H3/t20-,21-,22+,26-,27+/m1/s1. The van der Waals surface area contributed by atoms with E-state index in [1.54, 1.807) is 37.4 Å². The molecule has 5 atom stereocenters. The number of carbonyl (C=O) groups excluding carboxylic acids is 2. The monoisotopic (exact) mass is 487 g/mol. The van der Waals surface area contributed by atoms with Crippen LogP contribution in [0.15, 0.2) is 54.7 Å². The molecule has 9 heteroatoms. The zero-order valence-electron chi connectivity index (χ0n) is 19.3. The van der Waals surface area contributed by atoms with Crippen LogP contribution in [0, 0.1) is 29.0 Å². The van der Waals surface area contributed by atoms with E-state index in [9.17, 15) is 24.3 Å². The van der Waals surface area contributed by atoms with E-state index >= 15 is 0 Å². The number of hydrogen-bond acceptors (Lipinski definition) is 7. The minimum atomic E-state index is -1.22. The van der Waals surface area contributed by atoms with Gasteiger partial charge in [-0.2, -0.15) is 5.26 Å². The summed E-state index contributed by atoms with van der Waals surface area (Å²) in [5.41, 5.74) is -1.20. The van der Waals surface area contributed by atoms with Crippen LogP contribution in [-0.4, -0.2) is 45.8 Å². The number of anilines is 1. The first-order valence-electron chi connectivity index (χ1n) is 11.7. The number of aliphatic hydroxyl groups is 1. The number of pyridine rings is 1. The van der Waals surface area contributed by atoms with Crippen LogP contribution in [0.3, 0.4) is 0 Å². The number of nitriles is 1. The molecule has 0 aliphatic carbocycles. The van der Waals surface area contributed by atoms with Gasteiger partial charge in [0.05, 0.1) is 46.9 Å². The normalized spacial score (nSPS) is 30.6. The molecule has 6 rings (SSSR count). The second-order valence-electron chi connectivity index (χ2n) is 9.73. The van der Waals surface area contributed by atoms with Crippen LogP contribution < -0.4 is 9.64 Å². The Hall–Kier alpha value is -3.87. The fourth-order valence-corrected chi connectivity index (χ4v) is 6.18. The average Bonchev–Trinajstić information content (AvgIpc) is 3.41. The molecule has 0 radical (unpaired) electrons. The summed E-state index contributed by atoms with van der Waals surface area (Å²) in [6.07, 6.45) is 1.08. The van der Waals surface area contributed by atoms with Crippen LogP contribution in [0.2, 0.25) is 0 Å². The molecule has 3 aliphatic rings. The first-order valence-corrected chi connectivity index (χ1v) is 11.7. The fraction of sp³-hybridized carbons (Fsp3) is 0.333. The molecule has 3 aromatic rings. The first-order chi connectivity index (χ1) is 17.3. The molecule has 2 bridgehead atoms. The van der Waals surface area contributed by atoms with Crippen molar-refractivity contribution in [2.75, 3.05) is 11.5 Å². The van der Waals surface area contributed by atoms with Crippen LogP contribution in [0.4, 0.5) is 10.1 Å². The van der Waals surface area contributed by atoms with Crippen LogP contribution in [0.25, 0.3) is 10.9 Å². The van der Waals surface area contributed by atoms with Crippen molar-refractivity contribution in [3.8, 4) is 11.8 Å². The highest BCUT2D eigenvalue weighted by Crippen LogP contribution is 2.62. The van der Waals surface area contributed by atoms with Crippen LogP contribution >= 0.6 is 0 Å². The van der Waals surface area contributed by atoms with Gasteiger partial charge in [0.1, 0.15) is 23.2 Å². The van der Waals surface area contributed by atoms with Gasteiger partial charge in [0.15, 0.2) is 0 Å². The van der Waals surface area contributed by atoms with Gasteiger partial charge >= 0.3 is 0 Å². The molecule has 3 aliphatic heterocycles. The van der Waals surface area contributed by atoms with Crippen LogP contribution in [0.5, 0.6) is 5.75 Å². The Morgan fingerprint density at radius 3 is 2.69 bits per heavy atom. The van der Waals surface area contributed by atoms with Crippen molar-refractivity contribution < 1.29 is 28.6 Å². The summed E-state index contributed by atoms with van der Waals surface area (Å²) >= 11 is 0. The zero-order valence-corrected chi connectivity index (χ0v) is 19.3. The number of halogens is 1. The van der Waals surface area contributed by atoms with Gasteiger partial charge in [0.2, 0.25) is 11.8 Å².